The summed E-state index contributed by atoms with van der Waals surface area (Å²) in [6, 6.07) is 0. The highest BCUT2D eigenvalue weighted by Gasteiger charge is 2.18. The minimum atomic E-state index is -1.08. The number of carboxylic acid groups (broad SMARTS) is 1. The van der Waals surface area contributed by atoms with Crippen LogP contribution in [-0.2, 0) is 4.79 Å². The van der Waals surface area contributed by atoms with Gasteiger partial charge in [0.1, 0.15) is 16.4 Å². The minimum Gasteiger partial charge on any atom is -0.478 e. The number of hydrogen-bond donors (Lipinski definition) is 2. The molecule has 0 radical (unpaired) electrons. The number of carboxylic acids is 1. The van der Waals surface area contributed by atoms with E-state index in [0.717, 1.165) is 11.8 Å². The molecule has 1 aromatic rings. The zero-order valence-electron chi connectivity index (χ0n) is 10.5. The van der Waals surface area contributed by atoms with Gasteiger partial charge in [0, 0.05) is 6.54 Å². The zero-order valence-corrected chi connectivity index (χ0v) is 11.3. The number of aromatic carboxylic acids is 1. The van der Waals surface area contributed by atoms with Crippen LogP contribution in [-0.4, -0.2) is 39.2 Å². The van der Waals surface area contributed by atoms with Crippen LogP contribution in [0.25, 0.3) is 0 Å². The van der Waals surface area contributed by atoms with E-state index < -0.39 is 5.97 Å². The summed E-state index contributed by atoms with van der Waals surface area (Å²) in [6.07, 6.45) is 0. The lowest BCUT2D eigenvalue weighted by atomic mass is 10.2. The minimum absolute atomic E-state index is 0.0647. The first kappa shape index (κ1) is 14.4. The third-order valence-corrected chi connectivity index (χ3v) is 3.07. The van der Waals surface area contributed by atoms with Gasteiger partial charge < -0.3 is 10.4 Å². The Kier molecular flexibility index (Phi) is 5.08. The second-order valence-corrected chi connectivity index (χ2v) is 4.55. The highest BCUT2D eigenvalue weighted by atomic mass is 32.2. The maximum atomic E-state index is 11.3. The number of thioether (sulfide) groups is 1. The van der Waals surface area contributed by atoms with Gasteiger partial charge in [-0.3, -0.25) is 4.79 Å². The fourth-order valence-electron chi connectivity index (χ4n) is 1.41. The van der Waals surface area contributed by atoms with Crippen LogP contribution in [0.4, 0.5) is 0 Å². The van der Waals surface area contributed by atoms with E-state index in [-0.39, 0.29) is 17.2 Å². The summed E-state index contributed by atoms with van der Waals surface area (Å²) in [5.74, 6) is -0.584. The van der Waals surface area contributed by atoms with Crippen molar-refractivity contribution in [3.05, 3.63) is 17.1 Å². The van der Waals surface area contributed by atoms with E-state index >= 15 is 0 Å². The van der Waals surface area contributed by atoms with E-state index in [2.05, 4.69) is 15.3 Å². The highest BCUT2D eigenvalue weighted by Crippen LogP contribution is 2.22. The Morgan fingerprint density at radius 1 is 1.33 bits per heavy atom. The molecule has 0 fully saturated rings. The van der Waals surface area contributed by atoms with Crippen LogP contribution in [0.15, 0.2) is 5.03 Å². The topological polar surface area (TPSA) is 92.2 Å². The molecule has 1 heterocycles. The van der Waals surface area contributed by atoms with Crippen molar-refractivity contribution in [1.29, 1.82) is 0 Å². The number of carbonyl (C=O) groups is 2. The smallest absolute Gasteiger partial charge is 0.340 e. The molecular formula is C11H15N3O3S. The molecule has 18 heavy (non-hydrogen) atoms. The summed E-state index contributed by atoms with van der Waals surface area (Å²) in [4.78, 5) is 30.6. The third-order valence-electron chi connectivity index (χ3n) is 2.10. The van der Waals surface area contributed by atoms with Gasteiger partial charge in [0.05, 0.1) is 11.4 Å². The first-order valence-corrected chi connectivity index (χ1v) is 6.42. The fraction of sp³-hybridized carbons (Fsp3) is 0.455. The van der Waals surface area contributed by atoms with Crippen LogP contribution in [0.1, 0.15) is 28.8 Å². The maximum Gasteiger partial charge on any atom is 0.340 e. The lowest BCUT2D eigenvalue weighted by molar-refractivity contribution is -0.118. The Balaban J connectivity index is 2.93. The Hall–Kier alpha value is -1.63. The monoisotopic (exact) mass is 269 g/mol. The predicted octanol–water partition coefficient (Wildman–Crippen LogP) is 1.02. The molecule has 1 aromatic heterocycles. The van der Waals surface area contributed by atoms with Crippen LogP contribution in [0.2, 0.25) is 0 Å². The molecule has 1 rings (SSSR count). The molecular weight excluding hydrogens is 254 g/mol. The van der Waals surface area contributed by atoms with Gasteiger partial charge >= 0.3 is 5.97 Å². The lowest BCUT2D eigenvalue weighted by Crippen LogP contribution is -2.24. The molecule has 6 nitrogen and oxygen atoms in total. The van der Waals surface area contributed by atoms with Crippen molar-refractivity contribution in [2.45, 2.75) is 25.8 Å². The Morgan fingerprint density at radius 2 is 2.00 bits per heavy atom. The van der Waals surface area contributed by atoms with Crippen LogP contribution in [0, 0.1) is 13.8 Å². The van der Waals surface area contributed by atoms with Gasteiger partial charge in [0.2, 0.25) is 5.91 Å². The molecule has 0 aliphatic heterocycles. The summed E-state index contributed by atoms with van der Waals surface area (Å²) in [5, 5.41) is 12.1. The molecule has 0 aliphatic rings. The molecule has 0 bridgehead atoms. The second kappa shape index (κ2) is 6.34. The van der Waals surface area contributed by atoms with E-state index in [9.17, 15) is 9.59 Å². The quantitative estimate of drug-likeness (QED) is 0.612. The highest BCUT2D eigenvalue weighted by molar-refractivity contribution is 8.00. The van der Waals surface area contributed by atoms with Crippen molar-refractivity contribution in [3.63, 3.8) is 0 Å². The number of nitrogens with zero attached hydrogens (tertiary/aromatic N) is 2. The summed E-state index contributed by atoms with van der Waals surface area (Å²) >= 11 is 1.11. The lowest BCUT2D eigenvalue weighted by Gasteiger charge is -2.08. The number of amides is 1. The molecule has 0 spiro atoms. The summed E-state index contributed by atoms with van der Waals surface area (Å²) in [5.41, 5.74) is 0.475. The zero-order chi connectivity index (χ0) is 13.7. The first-order chi connectivity index (χ1) is 8.45. The number of nitrogens with one attached hydrogen (secondary N) is 1. The average Bonchev–Trinajstić information content (AvgIpc) is 2.25. The van der Waals surface area contributed by atoms with Crippen LogP contribution < -0.4 is 5.32 Å². The Labute approximate surface area is 109 Å². The van der Waals surface area contributed by atoms with Gasteiger partial charge in [-0.15, -0.1) is 0 Å². The van der Waals surface area contributed by atoms with Crippen molar-refractivity contribution in [2.75, 3.05) is 12.3 Å². The van der Waals surface area contributed by atoms with Crippen molar-refractivity contribution < 1.29 is 14.7 Å². The molecule has 7 heteroatoms. The fourth-order valence-corrected chi connectivity index (χ4v) is 2.36. The van der Waals surface area contributed by atoms with Crippen LogP contribution >= 0.6 is 11.8 Å². The van der Waals surface area contributed by atoms with Crippen molar-refractivity contribution in [2.24, 2.45) is 0 Å². The van der Waals surface area contributed by atoms with E-state index in [4.69, 9.17) is 5.11 Å². The molecule has 0 aromatic carbocycles. The van der Waals surface area contributed by atoms with Crippen molar-refractivity contribution in [3.8, 4) is 0 Å². The molecule has 0 saturated carbocycles. The molecule has 1 amide bonds. The van der Waals surface area contributed by atoms with E-state index in [0.29, 0.717) is 23.1 Å². The third kappa shape index (κ3) is 3.69. The summed E-state index contributed by atoms with van der Waals surface area (Å²) in [7, 11) is 0. The van der Waals surface area contributed by atoms with Crippen molar-refractivity contribution in [1.82, 2.24) is 15.3 Å². The van der Waals surface area contributed by atoms with Gasteiger partial charge in [-0.25, -0.2) is 14.8 Å². The van der Waals surface area contributed by atoms with E-state index in [1.54, 1.807) is 13.8 Å². The Morgan fingerprint density at radius 3 is 2.56 bits per heavy atom. The van der Waals surface area contributed by atoms with Gasteiger partial charge in [0.15, 0.2) is 0 Å². The number of rotatable bonds is 5. The van der Waals surface area contributed by atoms with Crippen LogP contribution in [0.5, 0.6) is 0 Å². The predicted molar refractivity (Wildman–Crippen MR) is 67.9 cm³/mol. The van der Waals surface area contributed by atoms with Gasteiger partial charge in [0.25, 0.3) is 0 Å². The summed E-state index contributed by atoms with van der Waals surface area (Å²) < 4.78 is 0. The Bertz CT molecular complexity index is 477. The first-order valence-electron chi connectivity index (χ1n) is 5.43. The van der Waals surface area contributed by atoms with Gasteiger partial charge in [-0.05, 0) is 20.8 Å². The largest absolute Gasteiger partial charge is 0.478 e. The molecule has 2 N–H and O–H groups in total. The van der Waals surface area contributed by atoms with Gasteiger partial charge in [-0.1, -0.05) is 11.8 Å². The SMILES string of the molecule is CCNC(=O)CSc1nc(C)nc(C)c1C(=O)O. The maximum absolute atomic E-state index is 11.3. The average molecular weight is 269 g/mol. The molecule has 0 aliphatic carbocycles. The standard InChI is InChI=1S/C11H15N3O3S/c1-4-12-8(15)5-18-10-9(11(16)17)6(2)13-7(3)14-10/h4-5H2,1-3H3,(H,12,15)(H,16,17). The number of aryl methyl sites for hydroxylation is 2. The molecule has 0 saturated heterocycles. The normalized spacial score (nSPS) is 10.2. The molecule has 0 unspecified atom stereocenters. The van der Waals surface area contributed by atoms with Gasteiger partial charge in [-0.2, -0.15) is 0 Å². The number of carbonyl (C=O) groups excluding carboxylic acids is 1. The summed E-state index contributed by atoms with van der Waals surface area (Å²) in [6.45, 7) is 5.68. The molecule has 0 atom stereocenters. The number of hydrogen-bond acceptors (Lipinski definition) is 5. The molecule has 98 valence electrons. The number of aromatic nitrogens is 2. The van der Waals surface area contributed by atoms with E-state index in [1.807, 2.05) is 6.92 Å². The van der Waals surface area contributed by atoms with Crippen LogP contribution in [0.3, 0.4) is 0 Å². The van der Waals surface area contributed by atoms with Crippen molar-refractivity contribution >= 4 is 23.6 Å². The second-order valence-electron chi connectivity index (χ2n) is 3.58. The van der Waals surface area contributed by atoms with E-state index in [1.165, 1.54) is 0 Å².